The first kappa shape index (κ1) is 17.6. The van der Waals surface area contributed by atoms with E-state index in [0.29, 0.717) is 5.41 Å². The van der Waals surface area contributed by atoms with Crippen LogP contribution in [0.15, 0.2) is 6.20 Å². The molecule has 2 bridgehead atoms. The van der Waals surface area contributed by atoms with E-state index in [9.17, 15) is 0 Å². The van der Waals surface area contributed by atoms with Crippen molar-refractivity contribution in [3.8, 4) is 0 Å². The summed E-state index contributed by atoms with van der Waals surface area (Å²) in [4.78, 5) is 0. The SMILES string of the molecule is Cc1c(B2OC(C)(C)C(C)(C)O2)cnn1C[C@@H]1CC[C@@H]2C[C@@H]1C2(C)C. The van der Waals surface area contributed by atoms with Gasteiger partial charge in [0.1, 0.15) is 0 Å². The van der Waals surface area contributed by atoms with Gasteiger partial charge < -0.3 is 9.31 Å². The first-order chi connectivity index (χ1) is 11.5. The van der Waals surface area contributed by atoms with Gasteiger partial charge in [0.15, 0.2) is 0 Å². The second-order valence-corrected chi connectivity index (χ2v) is 10.2. The van der Waals surface area contributed by atoms with Crippen molar-refractivity contribution in [2.24, 2.45) is 23.2 Å². The topological polar surface area (TPSA) is 36.3 Å². The Labute approximate surface area is 152 Å². The van der Waals surface area contributed by atoms with Crippen molar-refractivity contribution in [3.63, 3.8) is 0 Å². The Hall–Kier alpha value is -0.805. The second kappa shape index (κ2) is 5.35. The van der Waals surface area contributed by atoms with Gasteiger partial charge in [-0.05, 0) is 77.0 Å². The van der Waals surface area contributed by atoms with Gasteiger partial charge >= 0.3 is 7.12 Å². The third-order valence-electron chi connectivity index (χ3n) is 8.06. The molecular formula is C20H33BN2O2. The number of nitrogens with zero attached hydrogens (tertiary/aromatic N) is 2. The molecule has 5 rings (SSSR count). The molecule has 1 aromatic heterocycles. The molecule has 3 atom stereocenters. The number of rotatable bonds is 3. The summed E-state index contributed by atoms with van der Waals surface area (Å²) in [5.74, 6) is 2.56. The smallest absolute Gasteiger partial charge is 0.399 e. The molecule has 4 aliphatic rings. The third kappa shape index (κ3) is 2.53. The van der Waals surface area contributed by atoms with E-state index < -0.39 is 0 Å². The molecule has 0 amide bonds. The van der Waals surface area contributed by atoms with Gasteiger partial charge in [-0.15, -0.1) is 0 Å². The average molecular weight is 344 g/mol. The van der Waals surface area contributed by atoms with Crippen LogP contribution >= 0.6 is 0 Å². The van der Waals surface area contributed by atoms with E-state index in [-0.39, 0.29) is 18.3 Å². The van der Waals surface area contributed by atoms with Crippen LogP contribution < -0.4 is 5.46 Å². The highest BCUT2D eigenvalue weighted by Crippen LogP contribution is 2.61. The molecule has 2 heterocycles. The normalized spacial score (nSPS) is 34.8. The second-order valence-electron chi connectivity index (χ2n) is 10.2. The number of aromatic nitrogens is 2. The van der Waals surface area contributed by atoms with E-state index >= 15 is 0 Å². The van der Waals surface area contributed by atoms with E-state index in [4.69, 9.17) is 14.4 Å². The van der Waals surface area contributed by atoms with Crippen LogP contribution in [0, 0.1) is 30.1 Å². The quantitative estimate of drug-likeness (QED) is 0.787. The van der Waals surface area contributed by atoms with Crippen LogP contribution in [0.2, 0.25) is 0 Å². The molecular weight excluding hydrogens is 311 g/mol. The summed E-state index contributed by atoms with van der Waals surface area (Å²) in [6.07, 6.45) is 6.11. The van der Waals surface area contributed by atoms with Gasteiger partial charge in [-0.2, -0.15) is 5.10 Å². The molecule has 138 valence electrons. The van der Waals surface area contributed by atoms with E-state index in [1.54, 1.807) is 0 Å². The highest BCUT2D eigenvalue weighted by atomic mass is 16.7. The van der Waals surface area contributed by atoms with Crippen LogP contribution in [-0.4, -0.2) is 28.1 Å². The van der Waals surface area contributed by atoms with Crippen molar-refractivity contribution < 1.29 is 9.31 Å². The Morgan fingerprint density at radius 2 is 1.76 bits per heavy atom. The molecule has 0 spiro atoms. The maximum Gasteiger partial charge on any atom is 0.498 e. The third-order valence-corrected chi connectivity index (χ3v) is 8.06. The van der Waals surface area contributed by atoms with Crippen LogP contribution in [0.3, 0.4) is 0 Å². The van der Waals surface area contributed by atoms with Crippen LogP contribution in [0.5, 0.6) is 0 Å². The molecule has 4 nitrogen and oxygen atoms in total. The molecule has 0 unspecified atom stereocenters. The molecule has 3 saturated carbocycles. The van der Waals surface area contributed by atoms with Crippen molar-refractivity contribution in [2.75, 3.05) is 0 Å². The van der Waals surface area contributed by atoms with E-state index in [1.165, 1.54) is 25.0 Å². The molecule has 0 radical (unpaired) electrons. The summed E-state index contributed by atoms with van der Waals surface area (Å²) in [7, 11) is -0.311. The maximum atomic E-state index is 6.22. The lowest BCUT2D eigenvalue weighted by atomic mass is 9.45. The fourth-order valence-corrected chi connectivity index (χ4v) is 5.25. The van der Waals surface area contributed by atoms with Gasteiger partial charge in [-0.3, -0.25) is 4.68 Å². The summed E-state index contributed by atoms with van der Waals surface area (Å²) in [6, 6.07) is 0. The highest BCUT2D eigenvalue weighted by molar-refractivity contribution is 6.62. The maximum absolute atomic E-state index is 6.22. The molecule has 1 aromatic rings. The number of hydrogen-bond donors (Lipinski definition) is 0. The standard InChI is InChI=1S/C20H33BN2O2/c1-13-17(21-24-19(4,5)20(6,7)25-21)11-22-23(13)12-14-8-9-15-10-16(14)18(15,2)3/h11,14-16H,8-10,12H2,1-7H3/t14-,15+,16-/m0/s1. The zero-order valence-corrected chi connectivity index (χ0v) is 16.9. The summed E-state index contributed by atoms with van der Waals surface area (Å²) in [6.45, 7) is 16.5. The summed E-state index contributed by atoms with van der Waals surface area (Å²) < 4.78 is 14.6. The van der Waals surface area contributed by atoms with Crippen molar-refractivity contribution in [1.29, 1.82) is 0 Å². The Kier molecular flexibility index (Phi) is 3.77. The largest absolute Gasteiger partial charge is 0.498 e. The van der Waals surface area contributed by atoms with Gasteiger partial charge in [-0.1, -0.05) is 13.8 Å². The Bertz CT molecular complexity index is 661. The lowest BCUT2D eigenvalue weighted by molar-refractivity contribution is -0.109. The van der Waals surface area contributed by atoms with Gasteiger partial charge in [0, 0.05) is 23.9 Å². The fourth-order valence-electron chi connectivity index (χ4n) is 5.25. The van der Waals surface area contributed by atoms with Crippen molar-refractivity contribution >= 4 is 12.6 Å². The predicted octanol–water partition coefficient (Wildman–Crippen LogP) is 3.56. The zero-order chi connectivity index (χ0) is 18.2. The van der Waals surface area contributed by atoms with Gasteiger partial charge in [0.25, 0.3) is 0 Å². The first-order valence-electron chi connectivity index (χ1n) is 9.91. The molecule has 1 aliphatic heterocycles. The van der Waals surface area contributed by atoms with Crippen LogP contribution in [0.25, 0.3) is 0 Å². The van der Waals surface area contributed by atoms with Gasteiger partial charge in [-0.25, -0.2) is 0 Å². The molecule has 5 heteroatoms. The molecule has 1 saturated heterocycles. The van der Waals surface area contributed by atoms with Crippen LogP contribution in [0.1, 0.15) is 66.5 Å². The monoisotopic (exact) mass is 344 g/mol. The Morgan fingerprint density at radius 3 is 2.32 bits per heavy atom. The van der Waals surface area contributed by atoms with E-state index in [2.05, 4.69) is 53.1 Å². The predicted molar refractivity (Wildman–Crippen MR) is 101 cm³/mol. The minimum absolute atomic E-state index is 0.305. The minimum atomic E-state index is -0.311. The molecule has 25 heavy (non-hydrogen) atoms. The van der Waals surface area contributed by atoms with Gasteiger partial charge in [0.2, 0.25) is 0 Å². The summed E-state index contributed by atoms with van der Waals surface area (Å²) in [5.41, 5.74) is 2.19. The molecule has 0 N–H and O–H groups in total. The lowest BCUT2D eigenvalue weighted by Gasteiger charge is -2.60. The summed E-state index contributed by atoms with van der Waals surface area (Å²) in [5, 5.41) is 4.71. The number of fused-ring (bicyclic) bond motifs is 2. The molecule has 0 aromatic carbocycles. The highest BCUT2D eigenvalue weighted by Gasteiger charge is 2.55. The fraction of sp³-hybridized carbons (Fsp3) is 0.850. The average Bonchev–Trinajstić information content (AvgIpc) is 2.96. The van der Waals surface area contributed by atoms with Crippen molar-refractivity contribution in [1.82, 2.24) is 9.78 Å². The zero-order valence-electron chi connectivity index (χ0n) is 16.9. The Balaban J connectivity index is 1.51. The van der Waals surface area contributed by atoms with E-state index in [1.807, 2.05) is 6.20 Å². The first-order valence-corrected chi connectivity index (χ1v) is 9.91. The number of hydrogen-bond acceptors (Lipinski definition) is 3. The molecule has 4 fully saturated rings. The van der Waals surface area contributed by atoms with Crippen LogP contribution in [-0.2, 0) is 15.9 Å². The van der Waals surface area contributed by atoms with Crippen molar-refractivity contribution in [3.05, 3.63) is 11.9 Å². The Morgan fingerprint density at radius 1 is 1.12 bits per heavy atom. The lowest BCUT2D eigenvalue weighted by Crippen LogP contribution is -2.53. The van der Waals surface area contributed by atoms with Crippen LogP contribution in [0.4, 0.5) is 0 Å². The summed E-state index contributed by atoms with van der Waals surface area (Å²) >= 11 is 0. The van der Waals surface area contributed by atoms with E-state index in [0.717, 1.165) is 29.8 Å². The molecule has 3 aliphatic carbocycles. The minimum Gasteiger partial charge on any atom is -0.399 e. The van der Waals surface area contributed by atoms with Crippen molar-refractivity contribution in [2.45, 2.75) is 85.5 Å². The van der Waals surface area contributed by atoms with Gasteiger partial charge in [0.05, 0.1) is 11.2 Å².